The van der Waals surface area contributed by atoms with Crippen molar-refractivity contribution in [3.05, 3.63) is 71.3 Å². The molecule has 0 spiro atoms. The Balaban J connectivity index is 1.80. The highest BCUT2D eigenvalue weighted by molar-refractivity contribution is 5.87. The molecular formula is C30H38F2N2O3. The predicted molar refractivity (Wildman–Crippen MR) is 139 cm³/mol. The van der Waals surface area contributed by atoms with Gasteiger partial charge in [-0.05, 0) is 29.4 Å². The second-order valence-electron chi connectivity index (χ2n) is 11.5. The summed E-state index contributed by atoms with van der Waals surface area (Å²) in [6, 6.07) is 14.0. The van der Waals surface area contributed by atoms with Gasteiger partial charge in [0.2, 0.25) is 5.91 Å². The van der Waals surface area contributed by atoms with Crippen molar-refractivity contribution in [2.75, 3.05) is 0 Å². The molecule has 0 aromatic heterocycles. The first-order chi connectivity index (χ1) is 17.6. The van der Waals surface area contributed by atoms with E-state index in [1.165, 1.54) is 6.07 Å². The van der Waals surface area contributed by atoms with Gasteiger partial charge >= 0.3 is 5.97 Å². The Morgan fingerprint density at radius 3 is 2.22 bits per heavy atom. The molecule has 0 bridgehead atoms. The summed E-state index contributed by atoms with van der Waals surface area (Å²) in [5.41, 5.74) is 0.809. The molecule has 200 valence electrons. The summed E-state index contributed by atoms with van der Waals surface area (Å²) in [7, 11) is 0. The summed E-state index contributed by atoms with van der Waals surface area (Å²) >= 11 is 0. The number of alkyl halides is 2. The lowest BCUT2D eigenvalue weighted by Gasteiger charge is -2.36. The molecule has 1 heterocycles. The van der Waals surface area contributed by atoms with Gasteiger partial charge < -0.3 is 15.3 Å². The fourth-order valence-electron chi connectivity index (χ4n) is 6.42. The second-order valence-corrected chi connectivity index (χ2v) is 11.5. The minimum atomic E-state index is -2.61. The Bertz CT molecular complexity index is 1080. The van der Waals surface area contributed by atoms with Gasteiger partial charge in [0, 0.05) is 30.0 Å². The molecule has 4 atom stereocenters. The van der Waals surface area contributed by atoms with Gasteiger partial charge in [-0.15, -0.1) is 0 Å². The van der Waals surface area contributed by atoms with E-state index in [0.717, 1.165) is 37.7 Å². The highest BCUT2D eigenvalue weighted by Crippen LogP contribution is 2.49. The largest absolute Gasteiger partial charge is 0.480 e. The number of carbonyl (C=O) groups excluding carboxylic acids is 1. The molecule has 4 rings (SSSR count). The third-order valence-corrected chi connectivity index (χ3v) is 8.09. The van der Waals surface area contributed by atoms with E-state index in [9.17, 15) is 23.5 Å². The average Bonchev–Trinajstić information content (AvgIpc) is 3.24. The van der Waals surface area contributed by atoms with Crippen LogP contribution in [0.15, 0.2) is 54.6 Å². The van der Waals surface area contributed by atoms with Crippen LogP contribution in [0.5, 0.6) is 0 Å². The Morgan fingerprint density at radius 2 is 1.62 bits per heavy atom. The maximum absolute atomic E-state index is 14.1. The molecule has 5 nitrogen and oxygen atoms in total. The molecular weight excluding hydrogens is 474 g/mol. The van der Waals surface area contributed by atoms with Crippen LogP contribution in [0.2, 0.25) is 0 Å². The Kier molecular flexibility index (Phi) is 8.32. The number of nitrogens with zero attached hydrogens (tertiary/aromatic N) is 1. The van der Waals surface area contributed by atoms with Crippen LogP contribution < -0.4 is 5.32 Å². The fraction of sp³-hybridized carbons (Fsp3) is 0.533. The first-order valence-electron chi connectivity index (χ1n) is 13.3. The van der Waals surface area contributed by atoms with Gasteiger partial charge in [-0.3, -0.25) is 4.79 Å². The minimum Gasteiger partial charge on any atom is -0.480 e. The number of aliphatic carboxylic acids is 1. The molecule has 2 aromatic rings. The molecule has 0 radical (unpaired) electrons. The smallest absolute Gasteiger partial charge is 0.326 e. The number of nitrogens with one attached hydrogen (secondary N) is 1. The third kappa shape index (κ3) is 5.71. The number of carbonyl (C=O) groups is 2. The molecule has 2 fully saturated rings. The molecule has 1 aliphatic heterocycles. The Morgan fingerprint density at radius 1 is 1.00 bits per heavy atom. The molecule has 1 saturated heterocycles. The zero-order valence-corrected chi connectivity index (χ0v) is 21.9. The lowest BCUT2D eigenvalue weighted by molar-refractivity contribution is -0.154. The highest BCUT2D eigenvalue weighted by atomic mass is 19.3. The van der Waals surface area contributed by atoms with Crippen LogP contribution in [-0.4, -0.2) is 34.0 Å². The van der Waals surface area contributed by atoms with Crippen molar-refractivity contribution < 1.29 is 23.5 Å². The monoisotopic (exact) mass is 512 g/mol. The number of likely N-dealkylation sites (tertiary alicyclic amines) is 1. The van der Waals surface area contributed by atoms with Crippen molar-refractivity contribution in [3.63, 3.8) is 0 Å². The van der Waals surface area contributed by atoms with Gasteiger partial charge in [-0.1, -0.05) is 94.6 Å². The van der Waals surface area contributed by atoms with Crippen LogP contribution in [-0.2, 0) is 16.1 Å². The number of carboxylic acids is 1. The van der Waals surface area contributed by atoms with Crippen LogP contribution in [0.4, 0.5) is 8.78 Å². The van der Waals surface area contributed by atoms with Crippen molar-refractivity contribution in [3.8, 4) is 0 Å². The molecule has 0 unspecified atom stereocenters. The van der Waals surface area contributed by atoms with Gasteiger partial charge in [0.05, 0.1) is 6.04 Å². The average molecular weight is 513 g/mol. The van der Waals surface area contributed by atoms with Crippen molar-refractivity contribution in [1.29, 1.82) is 0 Å². The molecule has 2 aliphatic rings. The zero-order chi connectivity index (χ0) is 26.7. The molecule has 1 saturated carbocycles. The van der Waals surface area contributed by atoms with Gasteiger partial charge in [0.25, 0.3) is 6.43 Å². The van der Waals surface area contributed by atoms with E-state index < -0.39 is 41.9 Å². The lowest BCUT2D eigenvalue weighted by atomic mass is 9.72. The van der Waals surface area contributed by atoms with Crippen molar-refractivity contribution in [2.24, 2.45) is 17.3 Å². The Labute approximate surface area is 218 Å². The summed E-state index contributed by atoms with van der Waals surface area (Å²) in [6.45, 7) is 6.13. The molecule has 2 aromatic carbocycles. The summed E-state index contributed by atoms with van der Waals surface area (Å²) in [4.78, 5) is 28.6. The third-order valence-electron chi connectivity index (χ3n) is 8.09. The van der Waals surface area contributed by atoms with Crippen LogP contribution in [0.3, 0.4) is 0 Å². The number of rotatable bonds is 7. The first kappa shape index (κ1) is 27.2. The summed E-state index contributed by atoms with van der Waals surface area (Å²) in [5.74, 6) is -1.77. The van der Waals surface area contributed by atoms with E-state index in [1.54, 1.807) is 23.1 Å². The fourth-order valence-corrected chi connectivity index (χ4v) is 6.42. The Hall–Kier alpha value is -2.80. The minimum absolute atomic E-state index is 0.0403. The number of halogens is 2. The van der Waals surface area contributed by atoms with E-state index in [4.69, 9.17) is 0 Å². The number of carboxylic acid groups (broad SMARTS) is 1. The maximum atomic E-state index is 14.1. The van der Waals surface area contributed by atoms with E-state index >= 15 is 0 Å². The normalized spacial score (nSPS) is 25.0. The first-order valence-corrected chi connectivity index (χ1v) is 13.3. The summed E-state index contributed by atoms with van der Waals surface area (Å²) < 4.78 is 27.4. The number of benzene rings is 2. The maximum Gasteiger partial charge on any atom is 0.326 e. The molecule has 1 amide bonds. The van der Waals surface area contributed by atoms with Crippen molar-refractivity contribution in [1.82, 2.24) is 10.2 Å². The number of amides is 1. The van der Waals surface area contributed by atoms with E-state index in [0.29, 0.717) is 5.56 Å². The van der Waals surface area contributed by atoms with Gasteiger partial charge in [-0.2, -0.15) is 0 Å². The summed E-state index contributed by atoms with van der Waals surface area (Å²) in [5, 5.41) is 14.0. The van der Waals surface area contributed by atoms with Crippen LogP contribution in [0.25, 0.3) is 0 Å². The van der Waals surface area contributed by atoms with Crippen molar-refractivity contribution in [2.45, 2.75) is 84.0 Å². The second kappa shape index (κ2) is 11.3. The molecule has 2 N–H and O–H groups in total. The van der Waals surface area contributed by atoms with Crippen LogP contribution in [0.1, 0.15) is 82.0 Å². The topological polar surface area (TPSA) is 69.6 Å². The van der Waals surface area contributed by atoms with Gasteiger partial charge in [0.1, 0.15) is 6.04 Å². The SMILES string of the molecule is CC(C)(C)[C@H]1[C@H](NCc2ccccc2C(F)F)[C@H](c2ccccc2)N(C(=O)C2CCCCC2)[C@@H]1C(=O)O. The highest BCUT2D eigenvalue weighted by Gasteiger charge is 2.58. The molecule has 37 heavy (non-hydrogen) atoms. The van der Waals surface area contributed by atoms with Crippen LogP contribution >= 0.6 is 0 Å². The van der Waals surface area contributed by atoms with E-state index in [1.807, 2.05) is 51.1 Å². The summed E-state index contributed by atoms with van der Waals surface area (Å²) in [6.07, 6.45) is 1.94. The number of hydrogen-bond donors (Lipinski definition) is 2. The van der Waals surface area contributed by atoms with Gasteiger partial charge in [-0.25, -0.2) is 13.6 Å². The predicted octanol–water partition coefficient (Wildman–Crippen LogP) is 6.36. The van der Waals surface area contributed by atoms with Crippen LogP contribution in [0, 0.1) is 17.3 Å². The quantitative estimate of drug-likeness (QED) is 0.453. The van der Waals surface area contributed by atoms with E-state index in [2.05, 4.69) is 5.32 Å². The zero-order valence-electron chi connectivity index (χ0n) is 21.9. The van der Waals surface area contributed by atoms with E-state index in [-0.39, 0.29) is 23.9 Å². The lowest BCUT2D eigenvalue weighted by Crippen LogP contribution is -2.49. The molecule has 1 aliphatic carbocycles. The standard InChI is InChI=1S/C30H38F2N2O3/c1-30(2,3)23-24(33-18-21-16-10-11-17-22(21)27(31)32)25(19-12-6-4-7-13-19)34(26(23)29(36)37)28(35)20-14-8-5-9-15-20/h4,6-7,10-13,16-17,20,23-27,33H,5,8-9,14-15,18H2,1-3H3,(H,36,37)/t23-,24-,25-,26-/m0/s1. The van der Waals surface area contributed by atoms with Gasteiger partial charge in [0.15, 0.2) is 0 Å². The number of hydrogen-bond acceptors (Lipinski definition) is 3. The van der Waals surface area contributed by atoms with Crippen molar-refractivity contribution >= 4 is 11.9 Å². The molecule has 7 heteroatoms.